The van der Waals surface area contributed by atoms with E-state index in [0.717, 1.165) is 19.5 Å². The van der Waals surface area contributed by atoms with Gasteiger partial charge in [0.2, 0.25) is 0 Å². The van der Waals surface area contributed by atoms with Gasteiger partial charge in [-0.2, -0.15) is 0 Å². The van der Waals surface area contributed by atoms with Gasteiger partial charge in [0.25, 0.3) is 0 Å². The molecule has 2 rings (SSSR count). The van der Waals surface area contributed by atoms with Crippen molar-refractivity contribution in [1.82, 2.24) is 5.32 Å². The second-order valence-corrected chi connectivity index (χ2v) is 4.44. The van der Waals surface area contributed by atoms with Gasteiger partial charge in [0, 0.05) is 10.1 Å². The molecule has 3 heteroatoms. The van der Waals surface area contributed by atoms with Crippen molar-refractivity contribution in [2.75, 3.05) is 13.1 Å². The molecule has 0 aliphatic carbocycles. The zero-order valence-corrected chi connectivity index (χ0v) is 10.8. The monoisotopic (exact) mass is 321 g/mol. The van der Waals surface area contributed by atoms with Gasteiger partial charge in [-0.05, 0) is 58.8 Å². The van der Waals surface area contributed by atoms with Gasteiger partial charge in [0.05, 0.1) is 0 Å². The van der Waals surface area contributed by atoms with Crippen molar-refractivity contribution >= 4 is 40.6 Å². The molecule has 1 aromatic carbocycles. The predicted molar refractivity (Wildman–Crippen MR) is 71.9 cm³/mol. The Morgan fingerprint density at radius 1 is 1.14 bits per heavy atom. The Bertz CT molecular complexity index is 319. The van der Waals surface area contributed by atoms with Gasteiger partial charge >= 0.3 is 0 Å². The van der Waals surface area contributed by atoms with Crippen LogP contribution in [-0.2, 0) is 0 Å². The summed E-state index contributed by atoms with van der Waals surface area (Å²) in [5, 5.41) is 3.32. The van der Waals surface area contributed by atoms with Crippen LogP contribution in [0.2, 0.25) is 0 Å². The van der Waals surface area contributed by atoms with E-state index in [0.29, 0.717) is 0 Å². The van der Waals surface area contributed by atoms with Crippen LogP contribution in [0.1, 0.15) is 12.0 Å². The lowest BCUT2D eigenvalue weighted by molar-refractivity contribution is 0.738. The lowest BCUT2D eigenvalue weighted by Crippen LogP contribution is -2.19. The molecule has 0 unspecified atom stereocenters. The third-order valence-electron chi connectivity index (χ3n) is 2.28. The molecular weight excluding hydrogens is 308 g/mol. The maximum atomic E-state index is 3.32. The first kappa shape index (κ1) is 12.0. The SMILES string of the molecule is Cl.Ic1ccc(C2=CCNCC2)cc1. The first-order chi connectivity index (χ1) is 6.36. The second-order valence-electron chi connectivity index (χ2n) is 3.19. The lowest BCUT2D eigenvalue weighted by atomic mass is 10.0. The number of hydrogen-bond acceptors (Lipinski definition) is 1. The Hall–Kier alpha value is -0.0600. The van der Waals surface area contributed by atoms with E-state index in [2.05, 4.69) is 58.2 Å². The molecular formula is C11H13ClIN. The van der Waals surface area contributed by atoms with Crippen molar-refractivity contribution < 1.29 is 0 Å². The molecule has 0 radical (unpaired) electrons. The summed E-state index contributed by atoms with van der Waals surface area (Å²) in [6.07, 6.45) is 3.44. The minimum absolute atomic E-state index is 0. The molecule has 1 aromatic rings. The molecule has 0 aromatic heterocycles. The number of benzene rings is 1. The molecule has 0 atom stereocenters. The van der Waals surface area contributed by atoms with E-state index in [1.54, 1.807) is 0 Å². The maximum absolute atomic E-state index is 3.32. The summed E-state index contributed by atoms with van der Waals surface area (Å²) in [5.41, 5.74) is 2.86. The summed E-state index contributed by atoms with van der Waals surface area (Å²) in [4.78, 5) is 0. The average Bonchev–Trinajstić information content (AvgIpc) is 2.20. The summed E-state index contributed by atoms with van der Waals surface area (Å²) in [6.45, 7) is 2.12. The molecule has 1 aliphatic rings. The molecule has 0 saturated heterocycles. The van der Waals surface area contributed by atoms with Gasteiger partial charge in [-0.3, -0.25) is 0 Å². The number of rotatable bonds is 1. The van der Waals surface area contributed by atoms with Gasteiger partial charge in [0.15, 0.2) is 0 Å². The fourth-order valence-corrected chi connectivity index (χ4v) is 1.91. The number of halogens is 2. The third-order valence-corrected chi connectivity index (χ3v) is 3.00. The van der Waals surface area contributed by atoms with Crippen LogP contribution >= 0.6 is 35.0 Å². The van der Waals surface area contributed by atoms with Gasteiger partial charge in [0.1, 0.15) is 0 Å². The van der Waals surface area contributed by atoms with Crippen LogP contribution in [0.15, 0.2) is 30.3 Å². The topological polar surface area (TPSA) is 12.0 Å². The van der Waals surface area contributed by atoms with Crippen molar-refractivity contribution in [3.63, 3.8) is 0 Å². The molecule has 1 N–H and O–H groups in total. The number of hydrogen-bond donors (Lipinski definition) is 1. The molecule has 1 nitrogen and oxygen atoms in total. The average molecular weight is 322 g/mol. The molecule has 0 saturated carbocycles. The van der Waals surface area contributed by atoms with E-state index in [4.69, 9.17) is 0 Å². The molecule has 1 aliphatic heterocycles. The van der Waals surface area contributed by atoms with Crippen LogP contribution in [0.4, 0.5) is 0 Å². The van der Waals surface area contributed by atoms with Crippen molar-refractivity contribution in [1.29, 1.82) is 0 Å². The Morgan fingerprint density at radius 2 is 1.86 bits per heavy atom. The Balaban J connectivity index is 0.000000980. The van der Waals surface area contributed by atoms with Gasteiger partial charge < -0.3 is 5.32 Å². The molecule has 1 heterocycles. The van der Waals surface area contributed by atoms with Crippen LogP contribution in [0, 0.1) is 3.57 Å². The van der Waals surface area contributed by atoms with Crippen LogP contribution in [-0.4, -0.2) is 13.1 Å². The second kappa shape index (κ2) is 5.73. The molecule has 14 heavy (non-hydrogen) atoms. The zero-order valence-electron chi connectivity index (χ0n) is 7.79. The van der Waals surface area contributed by atoms with E-state index in [1.807, 2.05) is 0 Å². The van der Waals surface area contributed by atoms with E-state index in [9.17, 15) is 0 Å². The third kappa shape index (κ3) is 2.97. The fourth-order valence-electron chi connectivity index (χ4n) is 1.55. The van der Waals surface area contributed by atoms with Gasteiger partial charge in [-0.15, -0.1) is 12.4 Å². The molecule has 0 bridgehead atoms. The predicted octanol–water partition coefficient (Wildman–Crippen LogP) is 3.09. The van der Waals surface area contributed by atoms with Crippen LogP contribution in [0.25, 0.3) is 5.57 Å². The smallest absolute Gasteiger partial charge is 0.0140 e. The summed E-state index contributed by atoms with van der Waals surface area (Å²) < 4.78 is 1.30. The molecule has 0 amide bonds. The fraction of sp³-hybridized carbons (Fsp3) is 0.273. The zero-order chi connectivity index (χ0) is 9.10. The molecule has 76 valence electrons. The summed E-state index contributed by atoms with van der Waals surface area (Å²) in [6, 6.07) is 8.75. The highest BCUT2D eigenvalue weighted by molar-refractivity contribution is 14.1. The lowest BCUT2D eigenvalue weighted by Gasteiger charge is -2.13. The van der Waals surface area contributed by atoms with E-state index in [-0.39, 0.29) is 12.4 Å². The van der Waals surface area contributed by atoms with Crippen molar-refractivity contribution in [2.45, 2.75) is 6.42 Å². The highest BCUT2D eigenvalue weighted by atomic mass is 127. The van der Waals surface area contributed by atoms with Crippen molar-refractivity contribution in [2.24, 2.45) is 0 Å². The normalized spacial score (nSPS) is 15.6. The van der Waals surface area contributed by atoms with Gasteiger partial charge in [-0.25, -0.2) is 0 Å². The standard InChI is InChI=1S/C11H12IN.ClH/c12-11-3-1-9(2-4-11)10-5-7-13-8-6-10;/h1-5,13H,6-8H2;1H. The number of nitrogens with one attached hydrogen (secondary N) is 1. The Kier molecular flexibility index (Phi) is 4.92. The van der Waals surface area contributed by atoms with Crippen LogP contribution in [0.5, 0.6) is 0 Å². The maximum Gasteiger partial charge on any atom is 0.0140 e. The van der Waals surface area contributed by atoms with E-state index in [1.165, 1.54) is 14.7 Å². The van der Waals surface area contributed by atoms with Crippen molar-refractivity contribution in [3.8, 4) is 0 Å². The quantitative estimate of drug-likeness (QED) is 0.784. The summed E-state index contributed by atoms with van der Waals surface area (Å²) in [5.74, 6) is 0. The van der Waals surface area contributed by atoms with Crippen molar-refractivity contribution in [3.05, 3.63) is 39.5 Å². The highest BCUT2D eigenvalue weighted by Crippen LogP contribution is 2.20. The Labute approximate surface area is 105 Å². The molecule has 0 fully saturated rings. The highest BCUT2D eigenvalue weighted by Gasteiger charge is 2.04. The minimum atomic E-state index is 0. The largest absolute Gasteiger partial charge is 0.313 e. The van der Waals surface area contributed by atoms with Gasteiger partial charge in [-0.1, -0.05) is 18.2 Å². The first-order valence-corrected chi connectivity index (χ1v) is 5.60. The van der Waals surface area contributed by atoms with Crippen LogP contribution in [0.3, 0.4) is 0 Å². The summed E-state index contributed by atoms with van der Waals surface area (Å²) >= 11 is 2.34. The first-order valence-electron chi connectivity index (χ1n) is 4.52. The Morgan fingerprint density at radius 3 is 2.43 bits per heavy atom. The molecule has 0 spiro atoms. The van der Waals surface area contributed by atoms with Crippen LogP contribution < -0.4 is 5.32 Å². The van der Waals surface area contributed by atoms with E-state index >= 15 is 0 Å². The minimum Gasteiger partial charge on any atom is -0.313 e. The summed E-state index contributed by atoms with van der Waals surface area (Å²) in [7, 11) is 0. The van der Waals surface area contributed by atoms with E-state index < -0.39 is 0 Å².